The lowest BCUT2D eigenvalue weighted by atomic mass is 9.99. The highest BCUT2D eigenvalue weighted by Gasteiger charge is 2.28. The van der Waals surface area contributed by atoms with Crippen LogP contribution in [0.25, 0.3) is 44.4 Å². The standard InChI is InChI=1S/C29H22F2N6O4S.CH5NO2S/c1-15(27-22(16-6-3-8-18(30)12-16)26(38)23-20(31)10-5-11-21(23)41-27)37-29-24(28(32)33-14-34-29)25(35-37)17-7-4-9-19(13-17)36-42(2,39)40;1-5(2,3)4/h3-15,36H,1-2H3,(H2,32,33,34);1H3,(H2,2,3,4). The largest absolute Gasteiger partial charge is 0.458 e. The van der Waals surface area contributed by atoms with E-state index >= 15 is 0 Å². The molecule has 1 unspecified atom stereocenters. The zero-order valence-corrected chi connectivity index (χ0v) is 26.6. The fourth-order valence-electron chi connectivity index (χ4n) is 4.95. The van der Waals surface area contributed by atoms with Gasteiger partial charge in [-0.15, -0.1) is 0 Å². The first-order valence-corrected chi connectivity index (χ1v) is 17.4. The number of nitrogens with zero attached hydrogens (tertiary/aromatic N) is 4. The van der Waals surface area contributed by atoms with E-state index in [0.717, 1.165) is 18.6 Å². The molecule has 6 rings (SSSR count). The van der Waals surface area contributed by atoms with Crippen molar-refractivity contribution in [3.8, 4) is 22.4 Å². The molecule has 0 saturated heterocycles. The summed E-state index contributed by atoms with van der Waals surface area (Å²) < 4.78 is 81.7. The molecule has 0 spiro atoms. The summed E-state index contributed by atoms with van der Waals surface area (Å²) in [5.41, 5.74) is 7.20. The van der Waals surface area contributed by atoms with Crippen molar-refractivity contribution in [2.75, 3.05) is 23.0 Å². The fraction of sp³-hybridized carbons (Fsp3) is 0.133. The molecule has 0 aliphatic rings. The maximum Gasteiger partial charge on any atom is 0.229 e. The molecule has 0 radical (unpaired) electrons. The van der Waals surface area contributed by atoms with Crippen molar-refractivity contribution in [2.24, 2.45) is 5.14 Å². The van der Waals surface area contributed by atoms with Gasteiger partial charge in [-0.05, 0) is 48.9 Å². The van der Waals surface area contributed by atoms with Gasteiger partial charge in [0.05, 0.1) is 23.5 Å². The molecule has 5 N–H and O–H groups in total. The summed E-state index contributed by atoms with van der Waals surface area (Å²) in [6, 6.07) is 15.1. The smallest absolute Gasteiger partial charge is 0.229 e. The van der Waals surface area contributed by atoms with E-state index in [0.29, 0.717) is 28.0 Å². The van der Waals surface area contributed by atoms with Gasteiger partial charge in [0.15, 0.2) is 5.65 Å². The number of anilines is 2. The SMILES string of the molecule is CC(c1oc2cccc(F)c2c(=O)c1-c1cccc(F)c1)n1nc(-c2cccc(NS(C)(=O)=O)c2)c2c(N)ncnc21.CS(N)(=O)=O. The van der Waals surface area contributed by atoms with Crippen LogP contribution in [0.3, 0.4) is 0 Å². The van der Waals surface area contributed by atoms with Gasteiger partial charge in [0, 0.05) is 11.3 Å². The van der Waals surface area contributed by atoms with E-state index in [1.165, 1.54) is 47.4 Å². The predicted octanol–water partition coefficient (Wildman–Crippen LogP) is 4.01. The van der Waals surface area contributed by atoms with Gasteiger partial charge in [0.1, 0.15) is 52.2 Å². The lowest BCUT2D eigenvalue weighted by Crippen LogP contribution is -2.17. The summed E-state index contributed by atoms with van der Waals surface area (Å²) in [6.45, 7) is 1.70. The van der Waals surface area contributed by atoms with Gasteiger partial charge in [0.2, 0.25) is 25.5 Å². The predicted molar refractivity (Wildman–Crippen MR) is 174 cm³/mol. The summed E-state index contributed by atoms with van der Waals surface area (Å²) in [4.78, 5) is 22.3. The van der Waals surface area contributed by atoms with E-state index < -0.39 is 43.2 Å². The van der Waals surface area contributed by atoms with Gasteiger partial charge in [0.25, 0.3) is 0 Å². The zero-order chi connectivity index (χ0) is 34.3. The number of aromatic nitrogens is 4. The molecule has 17 heteroatoms. The molecule has 0 saturated carbocycles. The molecule has 0 amide bonds. The van der Waals surface area contributed by atoms with Gasteiger partial charge < -0.3 is 10.2 Å². The number of benzene rings is 3. The first-order chi connectivity index (χ1) is 22.0. The lowest BCUT2D eigenvalue weighted by molar-refractivity contribution is 0.445. The third kappa shape index (κ3) is 7.26. The normalized spacial score (nSPS) is 12.5. The van der Waals surface area contributed by atoms with E-state index in [1.54, 1.807) is 31.2 Å². The Morgan fingerprint density at radius 1 is 0.915 bits per heavy atom. The van der Waals surface area contributed by atoms with Gasteiger partial charge in [-0.3, -0.25) is 9.52 Å². The van der Waals surface area contributed by atoms with Crippen LogP contribution < -0.4 is 21.0 Å². The Labute approximate surface area is 267 Å². The van der Waals surface area contributed by atoms with Crippen molar-refractivity contribution in [1.29, 1.82) is 0 Å². The Bertz CT molecular complexity index is 2440. The maximum atomic E-state index is 14.8. The van der Waals surface area contributed by atoms with Crippen LogP contribution >= 0.6 is 0 Å². The molecule has 0 fully saturated rings. The molecular formula is C30H27F2N7O6S2. The van der Waals surface area contributed by atoms with Crippen LogP contribution in [0, 0.1) is 11.6 Å². The highest BCUT2D eigenvalue weighted by molar-refractivity contribution is 7.92. The fourth-order valence-corrected chi connectivity index (χ4v) is 5.51. The lowest BCUT2D eigenvalue weighted by Gasteiger charge is -2.17. The molecule has 47 heavy (non-hydrogen) atoms. The number of nitrogens with one attached hydrogen (secondary N) is 1. The van der Waals surface area contributed by atoms with Crippen LogP contribution in [-0.2, 0) is 20.0 Å². The molecule has 3 heterocycles. The second kappa shape index (κ2) is 12.5. The molecule has 1 atom stereocenters. The Hall–Kier alpha value is -5.26. The number of nitrogen functional groups attached to an aromatic ring is 1. The molecule has 6 aromatic rings. The number of fused-ring (bicyclic) bond motifs is 2. The third-order valence-electron chi connectivity index (χ3n) is 6.71. The third-order valence-corrected chi connectivity index (χ3v) is 7.32. The van der Waals surface area contributed by atoms with Crippen LogP contribution in [0.15, 0.2) is 82.3 Å². The van der Waals surface area contributed by atoms with Crippen molar-refractivity contribution < 1.29 is 30.0 Å². The Morgan fingerprint density at radius 2 is 1.57 bits per heavy atom. The highest BCUT2D eigenvalue weighted by atomic mass is 32.2. The van der Waals surface area contributed by atoms with E-state index in [4.69, 9.17) is 15.2 Å². The van der Waals surface area contributed by atoms with Gasteiger partial charge in [-0.2, -0.15) is 5.10 Å². The number of nitrogens with two attached hydrogens (primary N) is 2. The minimum absolute atomic E-state index is 0.00683. The number of sulfonamides is 2. The molecular weight excluding hydrogens is 657 g/mol. The van der Waals surface area contributed by atoms with Crippen molar-refractivity contribution in [3.05, 3.63) is 101 Å². The van der Waals surface area contributed by atoms with Crippen LogP contribution in [0.1, 0.15) is 18.7 Å². The van der Waals surface area contributed by atoms with Crippen molar-refractivity contribution in [1.82, 2.24) is 19.7 Å². The van der Waals surface area contributed by atoms with Crippen LogP contribution in [0.4, 0.5) is 20.3 Å². The summed E-state index contributed by atoms with van der Waals surface area (Å²) >= 11 is 0. The molecule has 0 aliphatic carbocycles. The second-order valence-corrected chi connectivity index (χ2v) is 13.9. The average molecular weight is 684 g/mol. The van der Waals surface area contributed by atoms with E-state index in [2.05, 4.69) is 19.8 Å². The van der Waals surface area contributed by atoms with E-state index in [9.17, 15) is 30.4 Å². The topological polar surface area (TPSA) is 206 Å². The van der Waals surface area contributed by atoms with Crippen LogP contribution in [0.2, 0.25) is 0 Å². The number of primary sulfonamides is 1. The highest BCUT2D eigenvalue weighted by Crippen LogP contribution is 2.37. The Balaban J connectivity index is 0.000000807. The average Bonchev–Trinajstić information content (AvgIpc) is 3.36. The number of hydrogen-bond acceptors (Lipinski definition) is 10. The number of halogens is 2. The second-order valence-electron chi connectivity index (χ2n) is 10.5. The molecule has 13 nitrogen and oxygen atoms in total. The Morgan fingerprint density at radius 3 is 2.26 bits per heavy atom. The van der Waals surface area contributed by atoms with Crippen LogP contribution in [-0.4, -0.2) is 49.1 Å². The van der Waals surface area contributed by atoms with Gasteiger partial charge >= 0.3 is 0 Å². The molecule has 0 aliphatic heterocycles. The summed E-state index contributed by atoms with van der Waals surface area (Å²) in [5.74, 6) is -1.16. The molecule has 3 aromatic heterocycles. The molecule has 244 valence electrons. The van der Waals surface area contributed by atoms with Gasteiger partial charge in [-0.1, -0.05) is 30.3 Å². The first-order valence-electron chi connectivity index (χ1n) is 13.6. The van der Waals surface area contributed by atoms with Crippen molar-refractivity contribution in [3.63, 3.8) is 0 Å². The minimum atomic E-state index is -3.55. The molecule has 3 aromatic carbocycles. The summed E-state index contributed by atoms with van der Waals surface area (Å²) in [7, 11) is -6.72. The molecule has 0 bridgehead atoms. The Kier molecular flexibility index (Phi) is 8.81. The monoisotopic (exact) mass is 683 g/mol. The zero-order valence-electron chi connectivity index (χ0n) is 25.0. The van der Waals surface area contributed by atoms with Crippen LogP contribution in [0.5, 0.6) is 0 Å². The summed E-state index contributed by atoms with van der Waals surface area (Å²) in [5, 5.41) is 9.20. The van der Waals surface area contributed by atoms with Gasteiger partial charge in [-0.25, -0.2) is 45.4 Å². The number of rotatable bonds is 6. The minimum Gasteiger partial charge on any atom is -0.458 e. The maximum absolute atomic E-state index is 14.8. The first kappa shape index (κ1) is 33.1. The van der Waals surface area contributed by atoms with E-state index in [-0.39, 0.29) is 33.7 Å². The van der Waals surface area contributed by atoms with E-state index in [1.807, 2.05) is 0 Å². The quantitative estimate of drug-likeness (QED) is 0.230. The van der Waals surface area contributed by atoms with Crippen molar-refractivity contribution >= 4 is 53.6 Å². The summed E-state index contributed by atoms with van der Waals surface area (Å²) in [6.07, 6.45) is 3.23. The number of hydrogen-bond donors (Lipinski definition) is 3. The van der Waals surface area contributed by atoms with Crippen molar-refractivity contribution in [2.45, 2.75) is 13.0 Å².